The van der Waals surface area contributed by atoms with Crippen molar-refractivity contribution in [2.75, 3.05) is 25.1 Å². The van der Waals surface area contributed by atoms with Crippen LogP contribution in [0.15, 0.2) is 78.9 Å². The standard InChI is InChI=1S/C24H20N2O4/c1-30-19-13-11-18(12-14-19)25(22(27)17-7-3-2-4-8-17)15-16-26-23(28)20-9-5-6-10-21(20)24(26)29/h2-14H,15-16H2,1H3. The smallest absolute Gasteiger partial charge is 0.261 e. The highest BCUT2D eigenvalue weighted by molar-refractivity contribution is 6.21. The molecule has 6 heteroatoms. The fraction of sp³-hybridized carbons (Fsp3) is 0.125. The van der Waals surface area contributed by atoms with Crippen LogP contribution < -0.4 is 9.64 Å². The third-order valence-electron chi connectivity index (χ3n) is 5.08. The minimum Gasteiger partial charge on any atom is -0.497 e. The van der Waals surface area contributed by atoms with Crippen molar-refractivity contribution in [1.29, 1.82) is 0 Å². The Morgan fingerprint density at radius 2 is 1.40 bits per heavy atom. The fourth-order valence-electron chi connectivity index (χ4n) is 3.49. The molecule has 4 rings (SSSR count). The van der Waals surface area contributed by atoms with Crippen LogP contribution in [0.2, 0.25) is 0 Å². The Morgan fingerprint density at radius 1 is 0.833 bits per heavy atom. The van der Waals surface area contributed by atoms with E-state index in [1.165, 1.54) is 4.90 Å². The first-order chi connectivity index (χ1) is 14.6. The maximum atomic E-state index is 13.2. The molecule has 1 aliphatic heterocycles. The van der Waals surface area contributed by atoms with E-state index in [0.29, 0.717) is 28.1 Å². The summed E-state index contributed by atoms with van der Waals surface area (Å²) >= 11 is 0. The number of ether oxygens (including phenoxy) is 1. The molecule has 0 atom stereocenters. The number of rotatable bonds is 6. The van der Waals surface area contributed by atoms with Crippen molar-refractivity contribution in [3.63, 3.8) is 0 Å². The monoisotopic (exact) mass is 400 g/mol. The maximum absolute atomic E-state index is 13.2. The van der Waals surface area contributed by atoms with Crippen molar-refractivity contribution in [2.45, 2.75) is 0 Å². The second kappa shape index (κ2) is 8.21. The quantitative estimate of drug-likeness (QED) is 0.593. The van der Waals surface area contributed by atoms with Crippen LogP contribution in [0.1, 0.15) is 31.1 Å². The lowest BCUT2D eigenvalue weighted by atomic mass is 10.1. The molecule has 0 bridgehead atoms. The molecular weight excluding hydrogens is 380 g/mol. The average molecular weight is 400 g/mol. The van der Waals surface area contributed by atoms with Crippen molar-refractivity contribution >= 4 is 23.4 Å². The van der Waals surface area contributed by atoms with Crippen molar-refractivity contribution in [3.05, 3.63) is 95.6 Å². The minimum atomic E-state index is -0.336. The second-order valence-electron chi connectivity index (χ2n) is 6.83. The number of carbonyl (C=O) groups is 3. The molecule has 30 heavy (non-hydrogen) atoms. The summed E-state index contributed by atoms with van der Waals surface area (Å²) in [7, 11) is 1.57. The predicted molar refractivity (Wildman–Crippen MR) is 113 cm³/mol. The number of carbonyl (C=O) groups excluding carboxylic acids is 3. The van der Waals surface area contributed by atoms with Gasteiger partial charge in [0.2, 0.25) is 0 Å². The average Bonchev–Trinajstić information content (AvgIpc) is 3.05. The van der Waals surface area contributed by atoms with Crippen LogP contribution in [0.25, 0.3) is 0 Å². The number of amides is 3. The predicted octanol–water partition coefficient (Wildman–Crippen LogP) is 3.64. The summed E-state index contributed by atoms with van der Waals surface area (Å²) in [5.41, 5.74) is 1.97. The molecule has 0 aliphatic carbocycles. The molecule has 0 radical (unpaired) electrons. The highest BCUT2D eigenvalue weighted by Crippen LogP contribution is 2.24. The van der Waals surface area contributed by atoms with Crippen molar-refractivity contribution in [3.8, 4) is 5.75 Å². The van der Waals surface area contributed by atoms with Gasteiger partial charge in [0, 0.05) is 24.3 Å². The number of hydrogen-bond acceptors (Lipinski definition) is 4. The van der Waals surface area contributed by atoms with E-state index >= 15 is 0 Å². The number of nitrogens with zero attached hydrogens (tertiary/aromatic N) is 2. The van der Waals surface area contributed by atoms with Crippen LogP contribution in [-0.2, 0) is 0 Å². The summed E-state index contributed by atoms with van der Waals surface area (Å²) < 4.78 is 5.20. The summed E-state index contributed by atoms with van der Waals surface area (Å²) in [5.74, 6) is -0.210. The highest BCUT2D eigenvalue weighted by atomic mass is 16.5. The van der Waals surface area contributed by atoms with E-state index in [-0.39, 0.29) is 30.8 Å². The Morgan fingerprint density at radius 3 is 1.97 bits per heavy atom. The number of benzene rings is 3. The number of methoxy groups -OCH3 is 1. The summed E-state index contributed by atoms with van der Waals surface area (Å²) in [6.07, 6.45) is 0. The lowest BCUT2D eigenvalue weighted by Crippen LogP contribution is -2.41. The van der Waals surface area contributed by atoms with E-state index in [2.05, 4.69) is 0 Å². The molecule has 150 valence electrons. The zero-order chi connectivity index (χ0) is 21.1. The largest absolute Gasteiger partial charge is 0.497 e. The normalized spacial score (nSPS) is 12.6. The number of fused-ring (bicyclic) bond motifs is 1. The third-order valence-corrected chi connectivity index (χ3v) is 5.08. The van der Waals surface area contributed by atoms with Gasteiger partial charge in [-0.1, -0.05) is 30.3 Å². The molecular formula is C24H20N2O4. The van der Waals surface area contributed by atoms with Gasteiger partial charge >= 0.3 is 0 Å². The van der Waals surface area contributed by atoms with Gasteiger partial charge in [0.25, 0.3) is 17.7 Å². The van der Waals surface area contributed by atoms with Gasteiger partial charge in [-0.2, -0.15) is 0 Å². The lowest BCUT2D eigenvalue weighted by molar-refractivity contribution is 0.0654. The van der Waals surface area contributed by atoms with E-state index in [9.17, 15) is 14.4 Å². The van der Waals surface area contributed by atoms with Crippen molar-refractivity contribution < 1.29 is 19.1 Å². The number of imide groups is 1. The first kappa shape index (κ1) is 19.4. The van der Waals surface area contributed by atoms with E-state index in [1.807, 2.05) is 6.07 Å². The first-order valence-electron chi connectivity index (χ1n) is 9.56. The molecule has 3 aromatic carbocycles. The molecule has 0 N–H and O–H groups in total. The molecule has 3 aromatic rings. The molecule has 0 saturated carbocycles. The number of hydrogen-bond donors (Lipinski definition) is 0. The fourth-order valence-corrected chi connectivity index (χ4v) is 3.49. The molecule has 0 spiro atoms. The summed E-state index contributed by atoms with van der Waals surface area (Å²) in [6.45, 7) is 0.266. The van der Waals surface area contributed by atoms with Gasteiger partial charge in [-0.15, -0.1) is 0 Å². The van der Waals surface area contributed by atoms with E-state index < -0.39 is 0 Å². The van der Waals surface area contributed by atoms with Gasteiger partial charge in [0.1, 0.15) is 5.75 Å². The van der Waals surface area contributed by atoms with Crippen LogP contribution in [0.3, 0.4) is 0 Å². The molecule has 1 aliphatic rings. The Bertz CT molecular complexity index is 1060. The van der Waals surface area contributed by atoms with Gasteiger partial charge in [-0.05, 0) is 48.5 Å². The van der Waals surface area contributed by atoms with E-state index in [0.717, 1.165) is 0 Å². The molecule has 6 nitrogen and oxygen atoms in total. The molecule has 0 unspecified atom stereocenters. The van der Waals surface area contributed by atoms with Crippen LogP contribution in [0.5, 0.6) is 5.75 Å². The van der Waals surface area contributed by atoms with Gasteiger partial charge < -0.3 is 9.64 Å². The molecule has 0 fully saturated rings. The van der Waals surface area contributed by atoms with Crippen molar-refractivity contribution in [1.82, 2.24) is 4.90 Å². The van der Waals surface area contributed by atoms with Gasteiger partial charge in [-0.25, -0.2) is 0 Å². The summed E-state index contributed by atoms with van der Waals surface area (Å²) in [4.78, 5) is 41.3. The third kappa shape index (κ3) is 3.55. The molecule has 3 amide bonds. The Hall–Kier alpha value is -3.93. The van der Waals surface area contributed by atoms with Crippen LogP contribution in [0.4, 0.5) is 5.69 Å². The summed E-state index contributed by atoms with van der Waals surface area (Å²) in [5, 5.41) is 0. The van der Waals surface area contributed by atoms with Crippen LogP contribution in [0, 0.1) is 0 Å². The maximum Gasteiger partial charge on any atom is 0.261 e. The van der Waals surface area contributed by atoms with Gasteiger partial charge in [0.05, 0.1) is 18.2 Å². The minimum absolute atomic E-state index is 0.0942. The second-order valence-corrected chi connectivity index (χ2v) is 6.83. The molecule has 0 saturated heterocycles. The Labute approximate surface area is 174 Å². The van der Waals surface area contributed by atoms with Gasteiger partial charge in [0.15, 0.2) is 0 Å². The zero-order valence-electron chi connectivity index (χ0n) is 16.4. The molecule has 1 heterocycles. The first-order valence-corrected chi connectivity index (χ1v) is 9.56. The Kier molecular flexibility index (Phi) is 5.30. The van der Waals surface area contributed by atoms with Crippen molar-refractivity contribution in [2.24, 2.45) is 0 Å². The number of anilines is 1. The lowest BCUT2D eigenvalue weighted by Gasteiger charge is -2.25. The Balaban J connectivity index is 1.59. The van der Waals surface area contributed by atoms with Gasteiger partial charge in [-0.3, -0.25) is 19.3 Å². The molecule has 0 aromatic heterocycles. The zero-order valence-corrected chi connectivity index (χ0v) is 16.4. The topological polar surface area (TPSA) is 66.9 Å². The highest BCUT2D eigenvalue weighted by Gasteiger charge is 2.35. The van der Waals surface area contributed by atoms with Crippen LogP contribution >= 0.6 is 0 Å². The SMILES string of the molecule is COc1ccc(N(CCN2C(=O)c3ccccc3C2=O)C(=O)c2ccccc2)cc1. The van der Waals surface area contributed by atoms with E-state index in [4.69, 9.17) is 4.74 Å². The summed E-state index contributed by atoms with van der Waals surface area (Å²) in [6, 6.07) is 22.8. The van der Waals surface area contributed by atoms with Crippen LogP contribution in [-0.4, -0.2) is 42.8 Å². The van der Waals surface area contributed by atoms with E-state index in [1.54, 1.807) is 84.8 Å².